The molecule has 8 aromatic carbocycles. The third kappa shape index (κ3) is 3.57. The maximum atomic E-state index is 6.72. The number of furan rings is 1. The summed E-state index contributed by atoms with van der Waals surface area (Å²) in [5.74, 6) is 1.92. The smallest absolute Gasteiger partial charge is 0.164 e. The summed E-state index contributed by atoms with van der Waals surface area (Å²) in [5, 5.41) is 9.92. The van der Waals surface area contributed by atoms with Crippen LogP contribution in [0.3, 0.4) is 0 Å². The van der Waals surface area contributed by atoms with Crippen molar-refractivity contribution >= 4 is 54.3 Å². The third-order valence-corrected chi connectivity index (χ3v) is 9.01. The van der Waals surface area contributed by atoms with Crippen LogP contribution in [-0.4, -0.2) is 15.0 Å². The van der Waals surface area contributed by atoms with Crippen molar-refractivity contribution in [1.29, 1.82) is 0 Å². The lowest BCUT2D eigenvalue weighted by Crippen LogP contribution is -2.00. The molecule has 0 saturated carbocycles. The molecule has 0 aliphatic heterocycles. The van der Waals surface area contributed by atoms with Gasteiger partial charge in [-0.15, -0.1) is 0 Å². The summed E-state index contributed by atoms with van der Waals surface area (Å²) in [6, 6.07) is 48.4. The average molecular weight is 574 g/mol. The summed E-state index contributed by atoms with van der Waals surface area (Å²) in [5.41, 5.74) is 6.75. The van der Waals surface area contributed by atoms with E-state index in [1.165, 1.54) is 43.1 Å². The van der Waals surface area contributed by atoms with Gasteiger partial charge in [-0.05, 0) is 50.7 Å². The molecule has 0 radical (unpaired) electrons. The van der Waals surface area contributed by atoms with Crippen molar-refractivity contribution in [3.05, 3.63) is 140 Å². The zero-order chi connectivity index (χ0) is 29.5. The van der Waals surface area contributed by atoms with E-state index < -0.39 is 0 Å². The van der Waals surface area contributed by atoms with Crippen LogP contribution in [0.15, 0.2) is 144 Å². The molecule has 0 fully saturated rings. The fourth-order valence-electron chi connectivity index (χ4n) is 7.01. The van der Waals surface area contributed by atoms with Crippen LogP contribution in [0.4, 0.5) is 0 Å². The van der Waals surface area contributed by atoms with Crippen LogP contribution in [0.5, 0.6) is 0 Å². The molecule has 10 rings (SSSR count). The lowest BCUT2D eigenvalue weighted by atomic mass is 9.87. The molecule has 0 atom stereocenters. The largest absolute Gasteiger partial charge is 0.455 e. The fourth-order valence-corrected chi connectivity index (χ4v) is 7.01. The van der Waals surface area contributed by atoms with Crippen LogP contribution in [-0.2, 0) is 0 Å². The molecule has 0 aliphatic rings. The number of hydrogen-bond donors (Lipinski definition) is 0. The predicted molar refractivity (Wildman–Crippen MR) is 184 cm³/mol. The minimum absolute atomic E-state index is 0.630. The van der Waals surface area contributed by atoms with Crippen LogP contribution in [0.2, 0.25) is 0 Å². The van der Waals surface area contributed by atoms with Crippen LogP contribution in [0.25, 0.3) is 99.5 Å². The van der Waals surface area contributed by atoms with E-state index in [0.29, 0.717) is 17.5 Å². The molecule has 4 nitrogen and oxygen atoms in total. The molecular formula is C41H23N3O. The van der Waals surface area contributed by atoms with Crippen molar-refractivity contribution in [3.8, 4) is 45.3 Å². The number of nitrogens with zero attached hydrogens (tertiary/aromatic N) is 3. The molecule has 2 heterocycles. The Hall–Kier alpha value is -6.13. The highest BCUT2D eigenvalue weighted by Gasteiger charge is 2.23. The fraction of sp³-hybridized carbons (Fsp3) is 0. The first kappa shape index (κ1) is 24.3. The Balaban J connectivity index is 1.22. The van der Waals surface area contributed by atoms with Gasteiger partial charge in [0.2, 0.25) is 0 Å². The number of fused-ring (bicyclic) bond motifs is 1. The van der Waals surface area contributed by atoms with Gasteiger partial charge in [0.05, 0.1) is 0 Å². The molecule has 0 unspecified atom stereocenters. The zero-order valence-corrected chi connectivity index (χ0v) is 24.0. The van der Waals surface area contributed by atoms with Gasteiger partial charge in [0, 0.05) is 38.4 Å². The Bertz CT molecular complexity index is 2640. The highest BCUT2D eigenvalue weighted by molar-refractivity contribution is 6.40. The minimum Gasteiger partial charge on any atom is -0.455 e. The lowest BCUT2D eigenvalue weighted by Gasteiger charge is -2.15. The van der Waals surface area contributed by atoms with E-state index in [4.69, 9.17) is 19.4 Å². The van der Waals surface area contributed by atoms with Gasteiger partial charge < -0.3 is 4.42 Å². The Labute approximate surface area is 257 Å². The minimum atomic E-state index is 0.630. The van der Waals surface area contributed by atoms with E-state index in [2.05, 4.69) is 78.9 Å². The Kier molecular flexibility index (Phi) is 4.96. The molecule has 0 amide bonds. The molecule has 0 N–H and O–H groups in total. The predicted octanol–water partition coefficient (Wildman–Crippen LogP) is 10.8. The molecule has 0 spiro atoms. The van der Waals surface area contributed by atoms with Gasteiger partial charge >= 0.3 is 0 Å². The van der Waals surface area contributed by atoms with Crippen molar-refractivity contribution in [1.82, 2.24) is 15.0 Å². The Morgan fingerprint density at radius 1 is 0.378 bits per heavy atom. The second-order valence-electron chi connectivity index (χ2n) is 11.6. The van der Waals surface area contributed by atoms with Gasteiger partial charge in [-0.1, -0.05) is 121 Å². The number of aromatic nitrogens is 3. The molecule has 45 heavy (non-hydrogen) atoms. The third-order valence-electron chi connectivity index (χ3n) is 9.01. The van der Waals surface area contributed by atoms with Gasteiger partial charge in [-0.3, -0.25) is 0 Å². The van der Waals surface area contributed by atoms with Gasteiger partial charge in [-0.25, -0.2) is 15.0 Å². The maximum absolute atomic E-state index is 6.72. The van der Waals surface area contributed by atoms with Crippen molar-refractivity contribution in [2.24, 2.45) is 0 Å². The van der Waals surface area contributed by atoms with Gasteiger partial charge in [0.15, 0.2) is 17.5 Å². The molecule has 208 valence electrons. The SMILES string of the molecule is c1ccc(-c2nc(-c3ccccc3)nc(-c3cccc(-c4cc5ccc6cccc7c8cccc9oc4c(c98)c5c67)c3)n2)cc1. The highest BCUT2D eigenvalue weighted by Crippen LogP contribution is 2.49. The normalized spacial score (nSPS) is 12.0. The van der Waals surface area contributed by atoms with Crippen LogP contribution in [0, 0.1) is 0 Å². The van der Waals surface area contributed by atoms with Crippen LogP contribution < -0.4 is 0 Å². The van der Waals surface area contributed by atoms with E-state index in [1.807, 2.05) is 60.7 Å². The van der Waals surface area contributed by atoms with E-state index in [0.717, 1.165) is 39.0 Å². The maximum Gasteiger partial charge on any atom is 0.164 e. The number of hydrogen-bond acceptors (Lipinski definition) is 4. The molecular weight excluding hydrogens is 550 g/mol. The van der Waals surface area contributed by atoms with Crippen LogP contribution >= 0.6 is 0 Å². The lowest BCUT2D eigenvalue weighted by molar-refractivity contribution is 0.670. The Morgan fingerprint density at radius 2 is 0.956 bits per heavy atom. The summed E-state index contributed by atoms with van der Waals surface area (Å²) >= 11 is 0. The number of rotatable bonds is 4. The first-order valence-corrected chi connectivity index (χ1v) is 15.1. The molecule has 10 aromatic rings. The van der Waals surface area contributed by atoms with Crippen molar-refractivity contribution < 1.29 is 4.42 Å². The second kappa shape index (κ2) is 9.18. The van der Waals surface area contributed by atoms with Crippen molar-refractivity contribution in [2.75, 3.05) is 0 Å². The molecule has 0 aliphatic carbocycles. The average Bonchev–Trinajstić information content (AvgIpc) is 3.51. The van der Waals surface area contributed by atoms with E-state index in [-0.39, 0.29) is 0 Å². The summed E-state index contributed by atoms with van der Waals surface area (Å²) < 4.78 is 6.72. The molecule has 2 aromatic heterocycles. The topological polar surface area (TPSA) is 51.8 Å². The monoisotopic (exact) mass is 573 g/mol. The van der Waals surface area contributed by atoms with Crippen LogP contribution in [0.1, 0.15) is 0 Å². The standard InChI is InChI=1S/C41H23N3O/c1-3-10-25(11-4-1)39-42-40(26-12-5-2-6-13-26)44-41(43-39)29-16-7-15-27(22-29)32-23-28-21-20-24-14-8-17-30-31-18-9-19-33-36(31)37(38(32)45-33)35(28)34(24)30/h1-23H. The Morgan fingerprint density at radius 3 is 1.69 bits per heavy atom. The van der Waals surface area contributed by atoms with Gasteiger partial charge in [0.25, 0.3) is 0 Å². The first-order chi connectivity index (χ1) is 22.3. The summed E-state index contributed by atoms with van der Waals surface area (Å²) in [7, 11) is 0. The van der Waals surface area contributed by atoms with E-state index >= 15 is 0 Å². The summed E-state index contributed by atoms with van der Waals surface area (Å²) in [4.78, 5) is 14.8. The first-order valence-electron chi connectivity index (χ1n) is 15.1. The second-order valence-corrected chi connectivity index (χ2v) is 11.6. The molecule has 0 saturated heterocycles. The van der Waals surface area contributed by atoms with Crippen molar-refractivity contribution in [3.63, 3.8) is 0 Å². The zero-order valence-electron chi connectivity index (χ0n) is 24.0. The van der Waals surface area contributed by atoms with E-state index in [1.54, 1.807) is 0 Å². The molecule has 4 heteroatoms. The number of benzene rings is 8. The quantitative estimate of drug-likeness (QED) is 0.155. The van der Waals surface area contributed by atoms with Crippen molar-refractivity contribution in [2.45, 2.75) is 0 Å². The van der Waals surface area contributed by atoms with E-state index in [9.17, 15) is 0 Å². The van der Waals surface area contributed by atoms with Gasteiger partial charge in [0.1, 0.15) is 11.2 Å². The summed E-state index contributed by atoms with van der Waals surface area (Å²) in [6.45, 7) is 0. The summed E-state index contributed by atoms with van der Waals surface area (Å²) in [6.07, 6.45) is 0. The highest BCUT2D eigenvalue weighted by atomic mass is 16.3. The molecule has 0 bridgehead atoms. The van der Waals surface area contributed by atoms with Gasteiger partial charge in [-0.2, -0.15) is 0 Å².